The summed E-state index contributed by atoms with van der Waals surface area (Å²) in [7, 11) is 0. The number of rotatable bonds is 11. The highest BCUT2D eigenvalue weighted by Crippen LogP contribution is 2.45. The van der Waals surface area contributed by atoms with Crippen molar-refractivity contribution in [3.05, 3.63) is 77.9 Å². The van der Waals surface area contributed by atoms with Crippen LogP contribution in [0.3, 0.4) is 0 Å². The van der Waals surface area contributed by atoms with Gasteiger partial charge in [0, 0.05) is 30.1 Å². The molecule has 182 valence electrons. The Kier molecular flexibility index (Phi) is 7.72. The van der Waals surface area contributed by atoms with Gasteiger partial charge in [0.1, 0.15) is 12.4 Å². The van der Waals surface area contributed by atoms with E-state index < -0.39 is 0 Å². The maximum Gasteiger partial charge on any atom is 0.164 e. The fourth-order valence-electron chi connectivity index (χ4n) is 5.11. The van der Waals surface area contributed by atoms with E-state index in [0.29, 0.717) is 24.5 Å². The Balaban J connectivity index is 1.20. The molecule has 0 amide bonds. The smallest absolute Gasteiger partial charge is 0.164 e. The molecule has 5 heteroatoms. The van der Waals surface area contributed by atoms with E-state index in [4.69, 9.17) is 4.74 Å². The van der Waals surface area contributed by atoms with Crippen LogP contribution >= 0.6 is 0 Å². The lowest BCUT2D eigenvalue weighted by molar-refractivity contribution is 0.0976. The molecule has 0 spiro atoms. The number of anilines is 2. The van der Waals surface area contributed by atoms with Crippen LogP contribution in [0.15, 0.2) is 61.1 Å². The van der Waals surface area contributed by atoms with Crippen LogP contribution in [0.2, 0.25) is 0 Å². The Labute approximate surface area is 208 Å². The minimum Gasteiger partial charge on any atom is -0.487 e. The van der Waals surface area contributed by atoms with Crippen LogP contribution in [0, 0.1) is 5.92 Å². The Morgan fingerprint density at radius 2 is 1.89 bits per heavy atom. The number of Topliss-reactive ketones (excluding diaryl/α,β-unsaturated/α-hetero) is 1. The van der Waals surface area contributed by atoms with Gasteiger partial charge in [-0.2, -0.15) is 0 Å². The van der Waals surface area contributed by atoms with Crippen molar-refractivity contribution in [3.8, 4) is 5.75 Å². The molecule has 2 heterocycles. The van der Waals surface area contributed by atoms with Gasteiger partial charge in [0.05, 0.1) is 17.6 Å². The third-order valence-corrected chi connectivity index (χ3v) is 7.23. The van der Waals surface area contributed by atoms with E-state index in [1.54, 1.807) is 18.6 Å². The van der Waals surface area contributed by atoms with Gasteiger partial charge < -0.3 is 10.1 Å². The maximum absolute atomic E-state index is 12.8. The number of benzene rings is 1. The molecular formula is C30H35N3O2. The fraction of sp³-hybridized carbons (Fsp3) is 0.433. The molecule has 0 aliphatic heterocycles. The first-order chi connectivity index (χ1) is 17.2. The first kappa shape index (κ1) is 23.5. The summed E-state index contributed by atoms with van der Waals surface area (Å²) in [6.45, 7) is 0.451. The van der Waals surface area contributed by atoms with E-state index in [1.807, 2.05) is 30.3 Å². The summed E-state index contributed by atoms with van der Waals surface area (Å²) in [6, 6.07) is 14.0. The molecule has 0 atom stereocenters. The number of hydrogen-bond donors (Lipinski definition) is 1. The zero-order valence-electron chi connectivity index (χ0n) is 20.4. The highest BCUT2D eigenvalue weighted by molar-refractivity contribution is 5.96. The van der Waals surface area contributed by atoms with Crippen molar-refractivity contribution in [3.63, 3.8) is 0 Å². The number of nitrogens with one attached hydrogen (secondary N) is 1. The van der Waals surface area contributed by atoms with Crippen LogP contribution in [0.25, 0.3) is 0 Å². The molecule has 1 N–H and O–H groups in total. The normalized spacial score (nSPS) is 16.1. The first-order valence-electron chi connectivity index (χ1n) is 13.2. The minimum absolute atomic E-state index is 0.192. The Bertz CT molecular complexity index is 1120. The van der Waals surface area contributed by atoms with Gasteiger partial charge in [0.25, 0.3) is 0 Å². The Hall–Kier alpha value is -3.21. The SMILES string of the molecule is O=C(CCCC1CCCCC1)c1cncc(Nc2ccc(OCc3ccccn3)cc2C2CC2)c1. The number of nitrogens with zero attached hydrogens (tertiary/aromatic N) is 2. The summed E-state index contributed by atoms with van der Waals surface area (Å²) in [5, 5.41) is 3.52. The molecule has 1 aromatic carbocycles. The second-order valence-electron chi connectivity index (χ2n) is 10.0. The van der Waals surface area contributed by atoms with Crippen molar-refractivity contribution < 1.29 is 9.53 Å². The molecule has 0 bridgehead atoms. The molecule has 2 aliphatic carbocycles. The van der Waals surface area contributed by atoms with Gasteiger partial charge in [0.15, 0.2) is 5.78 Å². The average molecular weight is 470 g/mol. The van der Waals surface area contributed by atoms with Crippen molar-refractivity contribution in [2.75, 3.05) is 5.32 Å². The van der Waals surface area contributed by atoms with Crippen LogP contribution in [-0.2, 0) is 6.61 Å². The molecule has 2 fully saturated rings. The number of ketones is 1. The van der Waals surface area contributed by atoms with Gasteiger partial charge in [-0.3, -0.25) is 14.8 Å². The van der Waals surface area contributed by atoms with E-state index in [2.05, 4.69) is 27.4 Å². The van der Waals surface area contributed by atoms with Gasteiger partial charge >= 0.3 is 0 Å². The van der Waals surface area contributed by atoms with Crippen LogP contribution in [0.1, 0.15) is 91.7 Å². The van der Waals surface area contributed by atoms with E-state index >= 15 is 0 Å². The summed E-state index contributed by atoms with van der Waals surface area (Å²) in [5.74, 6) is 2.41. The number of aromatic nitrogens is 2. The number of carbonyl (C=O) groups is 1. The largest absolute Gasteiger partial charge is 0.487 e. The summed E-state index contributed by atoms with van der Waals surface area (Å²) >= 11 is 0. The molecule has 2 saturated carbocycles. The van der Waals surface area contributed by atoms with Crippen molar-refractivity contribution >= 4 is 17.2 Å². The van der Waals surface area contributed by atoms with E-state index in [-0.39, 0.29) is 5.78 Å². The summed E-state index contributed by atoms with van der Waals surface area (Å²) < 4.78 is 6.00. The Morgan fingerprint density at radius 3 is 2.69 bits per heavy atom. The standard InChI is InChI=1S/C30H35N3O2/c34-30(11-6-9-22-7-2-1-3-8-22)24-17-26(20-31-19-24)33-29-15-14-27(18-28(29)23-12-13-23)35-21-25-10-4-5-16-32-25/h4-5,10,14-20,22-23,33H,1-3,6-9,11-13,21H2. The zero-order chi connectivity index (χ0) is 23.9. The summed E-state index contributed by atoms with van der Waals surface area (Å²) in [4.78, 5) is 21.5. The molecular weight excluding hydrogens is 434 g/mol. The Morgan fingerprint density at radius 1 is 1.00 bits per heavy atom. The van der Waals surface area contributed by atoms with Gasteiger partial charge in [-0.05, 0) is 73.1 Å². The lowest BCUT2D eigenvalue weighted by Gasteiger charge is -2.21. The molecule has 0 radical (unpaired) electrons. The average Bonchev–Trinajstić information content (AvgIpc) is 3.75. The van der Waals surface area contributed by atoms with Crippen LogP contribution in [0.4, 0.5) is 11.4 Å². The molecule has 2 aliphatic rings. The van der Waals surface area contributed by atoms with Crippen molar-refractivity contribution in [2.45, 2.75) is 76.7 Å². The summed E-state index contributed by atoms with van der Waals surface area (Å²) in [6.07, 6.45) is 17.2. The predicted octanol–water partition coefficient (Wildman–Crippen LogP) is 7.61. The van der Waals surface area contributed by atoms with Gasteiger partial charge in [0.2, 0.25) is 0 Å². The third-order valence-electron chi connectivity index (χ3n) is 7.23. The fourth-order valence-corrected chi connectivity index (χ4v) is 5.11. The first-order valence-corrected chi connectivity index (χ1v) is 13.2. The van der Waals surface area contributed by atoms with Gasteiger partial charge in [-0.25, -0.2) is 0 Å². The highest BCUT2D eigenvalue weighted by Gasteiger charge is 2.27. The number of ether oxygens (including phenoxy) is 1. The molecule has 5 nitrogen and oxygen atoms in total. The van der Waals surface area contributed by atoms with Crippen molar-refractivity contribution in [1.29, 1.82) is 0 Å². The zero-order valence-corrected chi connectivity index (χ0v) is 20.4. The van der Waals surface area contributed by atoms with Gasteiger partial charge in [-0.1, -0.05) is 44.6 Å². The molecule has 0 saturated heterocycles. The number of pyridine rings is 2. The molecule has 5 rings (SSSR count). The minimum atomic E-state index is 0.192. The predicted molar refractivity (Wildman–Crippen MR) is 139 cm³/mol. The topological polar surface area (TPSA) is 64.1 Å². The second kappa shape index (κ2) is 11.5. The van der Waals surface area contributed by atoms with E-state index in [1.165, 1.54) is 56.9 Å². The highest BCUT2D eigenvalue weighted by atomic mass is 16.5. The van der Waals surface area contributed by atoms with Crippen molar-refractivity contribution in [2.24, 2.45) is 5.92 Å². The van der Waals surface area contributed by atoms with E-state index in [9.17, 15) is 4.79 Å². The van der Waals surface area contributed by atoms with E-state index in [0.717, 1.165) is 35.2 Å². The van der Waals surface area contributed by atoms with Crippen LogP contribution in [0.5, 0.6) is 5.75 Å². The second-order valence-corrected chi connectivity index (χ2v) is 10.0. The third kappa shape index (κ3) is 6.68. The number of carbonyl (C=O) groups excluding carboxylic acids is 1. The molecule has 0 unspecified atom stereocenters. The molecule has 2 aromatic heterocycles. The van der Waals surface area contributed by atoms with Crippen LogP contribution < -0.4 is 10.1 Å². The number of hydrogen-bond acceptors (Lipinski definition) is 5. The van der Waals surface area contributed by atoms with Crippen molar-refractivity contribution in [1.82, 2.24) is 9.97 Å². The maximum atomic E-state index is 12.8. The lowest BCUT2D eigenvalue weighted by Crippen LogP contribution is -2.07. The van der Waals surface area contributed by atoms with Crippen LogP contribution in [-0.4, -0.2) is 15.8 Å². The molecule has 3 aromatic rings. The van der Waals surface area contributed by atoms with Gasteiger partial charge in [-0.15, -0.1) is 0 Å². The monoisotopic (exact) mass is 469 g/mol. The molecule has 35 heavy (non-hydrogen) atoms. The summed E-state index contributed by atoms with van der Waals surface area (Å²) in [5.41, 5.74) is 4.78. The lowest BCUT2D eigenvalue weighted by atomic mass is 9.85. The quantitative estimate of drug-likeness (QED) is 0.293.